The second kappa shape index (κ2) is 4.46. The Hall–Kier alpha value is 0.648. The zero-order valence-corrected chi connectivity index (χ0v) is 9.41. The minimum Gasteiger partial charge on any atom is -0.361 e. The third-order valence-corrected chi connectivity index (χ3v) is 1.61. The molecule has 2 heteroatoms. The zero-order chi connectivity index (χ0) is 6.78. The normalized spacial score (nSPS) is 11.3. The SMILES string of the molecule is [CH2-]C([CH2-])(CC)N(C)C.[W+2]. The average Bonchev–Trinajstić information content (AvgIpc) is 1.67. The van der Waals surface area contributed by atoms with Crippen LogP contribution in [0.3, 0.4) is 0 Å². The third kappa shape index (κ3) is 4.11. The van der Waals surface area contributed by atoms with Gasteiger partial charge in [0, 0.05) is 0 Å². The molecule has 54 valence electrons. The van der Waals surface area contributed by atoms with Crippen molar-refractivity contribution in [1.29, 1.82) is 0 Å². The molecule has 0 bridgehead atoms. The number of hydrogen-bond donors (Lipinski definition) is 0. The molecule has 9 heavy (non-hydrogen) atoms. The molecule has 0 saturated carbocycles. The van der Waals surface area contributed by atoms with Crippen LogP contribution in [-0.4, -0.2) is 24.5 Å². The van der Waals surface area contributed by atoms with E-state index in [1.165, 1.54) is 0 Å². The van der Waals surface area contributed by atoms with Gasteiger partial charge in [-0.05, 0) is 14.1 Å². The van der Waals surface area contributed by atoms with Gasteiger partial charge < -0.3 is 18.7 Å². The summed E-state index contributed by atoms with van der Waals surface area (Å²) in [5, 5.41) is 0. The molecule has 0 radical (unpaired) electrons. The first kappa shape index (κ1) is 12.3. The van der Waals surface area contributed by atoms with Gasteiger partial charge in [0.15, 0.2) is 0 Å². The van der Waals surface area contributed by atoms with Crippen molar-refractivity contribution in [2.24, 2.45) is 0 Å². The average molecular weight is 297 g/mol. The summed E-state index contributed by atoms with van der Waals surface area (Å²) in [5.74, 6) is 0. The maximum atomic E-state index is 3.90. The summed E-state index contributed by atoms with van der Waals surface area (Å²) in [7, 11) is 3.98. The van der Waals surface area contributed by atoms with Crippen LogP contribution in [0.4, 0.5) is 0 Å². The first-order chi connectivity index (χ1) is 3.50. The fourth-order valence-electron chi connectivity index (χ4n) is 0.316. The minimum absolute atomic E-state index is 0. The van der Waals surface area contributed by atoms with Gasteiger partial charge in [-0.1, -0.05) is 13.3 Å². The Labute approximate surface area is 73.1 Å². The molecule has 0 spiro atoms. The molecule has 0 rings (SSSR count). The van der Waals surface area contributed by atoms with Gasteiger partial charge in [0.2, 0.25) is 0 Å². The van der Waals surface area contributed by atoms with E-state index in [-0.39, 0.29) is 26.6 Å². The Bertz CT molecular complexity index is 69.3. The fraction of sp³-hybridized carbons (Fsp3) is 0.714. The van der Waals surface area contributed by atoms with Crippen LogP contribution in [0.1, 0.15) is 13.3 Å². The molecule has 0 aromatic heterocycles. The van der Waals surface area contributed by atoms with E-state index in [1.807, 2.05) is 19.0 Å². The summed E-state index contributed by atoms with van der Waals surface area (Å²) >= 11 is 0. The summed E-state index contributed by atoms with van der Waals surface area (Å²) in [5.41, 5.74) is -0.125. The summed E-state index contributed by atoms with van der Waals surface area (Å²) in [6.45, 7) is 9.89. The van der Waals surface area contributed by atoms with Crippen molar-refractivity contribution in [3.8, 4) is 0 Å². The van der Waals surface area contributed by atoms with Gasteiger partial charge in [0.25, 0.3) is 0 Å². The van der Waals surface area contributed by atoms with Crippen LogP contribution in [0.5, 0.6) is 0 Å². The number of rotatable bonds is 2. The van der Waals surface area contributed by atoms with Crippen LogP contribution in [0, 0.1) is 13.8 Å². The first-order valence-corrected chi connectivity index (χ1v) is 2.89. The Balaban J connectivity index is 0. The summed E-state index contributed by atoms with van der Waals surface area (Å²) in [6, 6.07) is 0. The van der Waals surface area contributed by atoms with Gasteiger partial charge in [0.1, 0.15) is 0 Å². The van der Waals surface area contributed by atoms with E-state index in [0.29, 0.717) is 0 Å². The second-order valence-electron chi connectivity index (χ2n) is 2.47. The quantitative estimate of drug-likeness (QED) is 0.696. The molecule has 0 aliphatic carbocycles. The van der Waals surface area contributed by atoms with Gasteiger partial charge >= 0.3 is 21.1 Å². The molecule has 0 aliphatic heterocycles. The standard InChI is InChI=1S/C7H15N.W/c1-6-7(2,3)8(4)5;/h2-3,6H2,1,4-5H3;/q-2;+2. The van der Waals surface area contributed by atoms with Crippen LogP contribution in [0.15, 0.2) is 0 Å². The van der Waals surface area contributed by atoms with E-state index in [2.05, 4.69) is 20.8 Å². The van der Waals surface area contributed by atoms with Crippen LogP contribution in [-0.2, 0) is 21.1 Å². The van der Waals surface area contributed by atoms with E-state index in [1.54, 1.807) is 0 Å². The second-order valence-corrected chi connectivity index (χ2v) is 2.47. The Morgan fingerprint density at radius 3 is 1.67 bits per heavy atom. The predicted octanol–water partition coefficient (Wildman–Crippen LogP) is 1.36. The number of hydrogen-bond acceptors (Lipinski definition) is 1. The largest absolute Gasteiger partial charge is 2.00 e. The minimum atomic E-state index is -0.125. The van der Waals surface area contributed by atoms with Crippen molar-refractivity contribution in [2.45, 2.75) is 18.9 Å². The van der Waals surface area contributed by atoms with Gasteiger partial charge in [-0.2, -0.15) is 0 Å². The Morgan fingerprint density at radius 2 is 1.67 bits per heavy atom. The fourth-order valence-corrected chi connectivity index (χ4v) is 0.316. The maximum absolute atomic E-state index is 3.90. The molecule has 0 aromatic rings. The molecule has 1 nitrogen and oxygen atoms in total. The topological polar surface area (TPSA) is 3.24 Å². The van der Waals surface area contributed by atoms with Crippen molar-refractivity contribution in [3.05, 3.63) is 13.8 Å². The molecule has 0 unspecified atom stereocenters. The smallest absolute Gasteiger partial charge is 0.361 e. The van der Waals surface area contributed by atoms with E-state index in [9.17, 15) is 0 Å². The monoisotopic (exact) mass is 297 g/mol. The van der Waals surface area contributed by atoms with Gasteiger partial charge in [0.05, 0.1) is 0 Å². The Morgan fingerprint density at radius 1 is 1.33 bits per heavy atom. The van der Waals surface area contributed by atoms with Gasteiger partial charge in [-0.15, -0.1) is 0 Å². The molecule has 0 fully saturated rings. The predicted molar refractivity (Wildman–Crippen MR) is 37.4 cm³/mol. The molecule has 0 heterocycles. The van der Waals surface area contributed by atoms with Crippen LogP contribution < -0.4 is 0 Å². The van der Waals surface area contributed by atoms with Gasteiger partial charge in [-0.25, -0.2) is 5.54 Å². The van der Waals surface area contributed by atoms with E-state index < -0.39 is 0 Å². The van der Waals surface area contributed by atoms with Gasteiger partial charge in [-0.3, -0.25) is 0 Å². The number of nitrogens with zero attached hydrogens (tertiary/aromatic N) is 1. The molecule has 0 aromatic carbocycles. The maximum Gasteiger partial charge on any atom is 2.00 e. The van der Waals surface area contributed by atoms with Crippen LogP contribution >= 0.6 is 0 Å². The van der Waals surface area contributed by atoms with Crippen molar-refractivity contribution in [3.63, 3.8) is 0 Å². The molecular weight excluding hydrogens is 282 g/mol. The van der Waals surface area contributed by atoms with Crippen molar-refractivity contribution in [1.82, 2.24) is 4.90 Å². The molecule has 0 amide bonds. The molecule has 0 aliphatic rings. The van der Waals surface area contributed by atoms with E-state index in [4.69, 9.17) is 0 Å². The van der Waals surface area contributed by atoms with Crippen molar-refractivity contribution < 1.29 is 21.1 Å². The molecule has 0 atom stereocenters. The third-order valence-electron chi connectivity index (χ3n) is 1.61. The summed E-state index contributed by atoms with van der Waals surface area (Å²) in [4.78, 5) is 2.02. The molecule has 0 saturated heterocycles. The van der Waals surface area contributed by atoms with E-state index in [0.717, 1.165) is 6.42 Å². The summed E-state index contributed by atoms with van der Waals surface area (Å²) < 4.78 is 0. The van der Waals surface area contributed by atoms with E-state index >= 15 is 0 Å². The van der Waals surface area contributed by atoms with Crippen LogP contribution in [0.25, 0.3) is 0 Å². The first-order valence-electron chi connectivity index (χ1n) is 2.89. The Kier molecular flexibility index (Phi) is 6.12. The molecule has 0 N–H and O–H groups in total. The van der Waals surface area contributed by atoms with Crippen molar-refractivity contribution in [2.75, 3.05) is 14.1 Å². The molecular formula is C7H15NW. The van der Waals surface area contributed by atoms with Crippen LogP contribution in [0.2, 0.25) is 0 Å². The zero-order valence-electron chi connectivity index (χ0n) is 6.48. The van der Waals surface area contributed by atoms with Crippen molar-refractivity contribution >= 4 is 0 Å². The summed E-state index contributed by atoms with van der Waals surface area (Å²) in [6.07, 6.45) is 0.986.